The van der Waals surface area contributed by atoms with Gasteiger partial charge in [-0.05, 0) is 69.6 Å². The summed E-state index contributed by atoms with van der Waals surface area (Å²) >= 11 is 0. The van der Waals surface area contributed by atoms with E-state index in [0.29, 0.717) is 5.92 Å². The van der Waals surface area contributed by atoms with Gasteiger partial charge in [0.15, 0.2) is 0 Å². The van der Waals surface area contributed by atoms with Crippen molar-refractivity contribution in [1.82, 2.24) is 5.32 Å². The van der Waals surface area contributed by atoms with Crippen molar-refractivity contribution in [3.05, 3.63) is 29.3 Å². The first-order valence-electron chi connectivity index (χ1n) is 9.61. The summed E-state index contributed by atoms with van der Waals surface area (Å²) < 4.78 is 18.0. The quantitative estimate of drug-likeness (QED) is 0.833. The molecule has 138 valence electrons. The molecular formula is C20H32BNO3. The molecular weight excluding hydrogens is 313 g/mol. The third kappa shape index (κ3) is 3.95. The molecule has 0 radical (unpaired) electrons. The molecule has 1 aromatic carbocycles. The summed E-state index contributed by atoms with van der Waals surface area (Å²) in [6.07, 6.45) is 2.21. The van der Waals surface area contributed by atoms with Gasteiger partial charge in [-0.3, -0.25) is 0 Å². The smallest absolute Gasteiger partial charge is 0.399 e. The highest BCUT2D eigenvalue weighted by molar-refractivity contribution is 6.62. The number of benzene rings is 1. The van der Waals surface area contributed by atoms with E-state index in [2.05, 4.69) is 58.1 Å². The van der Waals surface area contributed by atoms with Crippen LogP contribution in [-0.4, -0.2) is 38.1 Å². The lowest BCUT2D eigenvalue weighted by molar-refractivity contribution is 0.00578. The Hall–Kier alpha value is -0.875. The van der Waals surface area contributed by atoms with E-state index in [1.165, 1.54) is 11.1 Å². The van der Waals surface area contributed by atoms with E-state index < -0.39 is 0 Å². The maximum absolute atomic E-state index is 6.23. The van der Waals surface area contributed by atoms with Crippen LogP contribution in [0, 0.1) is 0 Å². The molecule has 2 heterocycles. The molecule has 0 atom stereocenters. The first-order chi connectivity index (χ1) is 11.8. The number of nitrogens with one attached hydrogen (secondary N) is 1. The molecule has 0 unspecified atom stereocenters. The highest BCUT2D eigenvalue weighted by atomic mass is 16.7. The van der Waals surface area contributed by atoms with Crippen molar-refractivity contribution >= 4 is 12.6 Å². The SMILES string of the molecule is CCNCc1cc(B2OC(C)(C)C(C)(C)O2)ccc1C1CCOCC1. The minimum Gasteiger partial charge on any atom is -0.399 e. The highest BCUT2D eigenvalue weighted by Crippen LogP contribution is 2.37. The van der Waals surface area contributed by atoms with E-state index >= 15 is 0 Å². The van der Waals surface area contributed by atoms with Crippen LogP contribution in [0.15, 0.2) is 18.2 Å². The van der Waals surface area contributed by atoms with Gasteiger partial charge < -0.3 is 19.4 Å². The predicted octanol–water partition coefficient (Wildman–Crippen LogP) is 2.99. The zero-order chi connectivity index (χ0) is 18.1. The summed E-state index contributed by atoms with van der Waals surface area (Å²) in [5.41, 5.74) is 3.31. The standard InChI is InChI=1S/C20H32BNO3/c1-6-22-14-16-13-17(21-24-19(2,3)20(4,5)25-21)7-8-18(16)15-9-11-23-12-10-15/h7-8,13,15,22H,6,9-12,14H2,1-5H3. The van der Waals surface area contributed by atoms with Crippen molar-refractivity contribution < 1.29 is 14.0 Å². The van der Waals surface area contributed by atoms with E-state index in [0.717, 1.165) is 44.6 Å². The van der Waals surface area contributed by atoms with Crippen molar-refractivity contribution in [2.75, 3.05) is 19.8 Å². The lowest BCUT2D eigenvalue weighted by Gasteiger charge is -2.32. The Morgan fingerprint density at radius 3 is 2.32 bits per heavy atom. The lowest BCUT2D eigenvalue weighted by atomic mass is 9.76. The second-order valence-electron chi connectivity index (χ2n) is 8.21. The van der Waals surface area contributed by atoms with Gasteiger partial charge in [0.05, 0.1) is 11.2 Å². The van der Waals surface area contributed by atoms with Crippen molar-refractivity contribution in [2.24, 2.45) is 0 Å². The lowest BCUT2D eigenvalue weighted by Crippen LogP contribution is -2.41. The van der Waals surface area contributed by atoms with Gasteiger partial charge in [-0.2, -0.15) is 0 Å². The first-order valence-corrected chi connectivity index (χ1v) is 9.61. The summed E-state index contributed by atoms with van der Waals surface area (Å²) in [5.74, 6) is 0.592. The number of ether oxygens (including phenoxy) is 1. The van der Waals surface area contributed by atoms with Crippen LogP contribution < -0.4 is 10.8 Å². The highest BCUT2D eigenvalue weighted by Gasteiger charge is 2.51. The van der Waals surface area contributed by atoms with E-state index in [-0.39, 0.29) is 18.3 Å². The monoisotopic (exact) mass is 345 g/mol. The van der Waals surface area contributed by atoms with Gasteiger partial charge in [0.25, 0.3) is 0 Å². The van der Waals surface area contributed by atoms with E-state index in [9.17, 15) is 0 Å². The molecule has 3 rings (SSSR count). The summed E-state index contributed by atoms with van der Waals surface area (Å²) in [5, 5.41) is 3.48. The minimum absolute atomic E-state index is 0.297. The number of hydrogen-bond donors (Lipinski definition) is 1. The Morgan fingerprint density at radius 1 is 1.08 bits per heavy atom. The molecule has 0 saturated carbocycles. The molecule has 2 aliphatic rings. The normalized spacial score (nSPS) is 23.2. The van der Waals surface area contributed by atoms with Gasteiger partial charge in [-0.1, -0.05) is 25.1 Å². The molecule has 25 heavy (non-hydrogen) atoms. The van der Waals surface area contributed by atoms with E-state index in [1.807, 2.05) is 0 Å². The van der Waals surface area contributed by atoms with E-state index in [1.54, 1.807) is 0 Å². The predicted molar refractivity (Wildman–Crippen MR) is 102 cm³/mol. The van der Waals surface area contributed by atoms with Gasteiger partial charge in [-0.15, -0.1) is 0 Å². The third-order valence-corrected chi connectivity index (χ3v) is 5.92. The topological polar surface area (TPSA) is 39.7 Å². The fraction of sp³-hybridized carbons (Fsp3) is 0.700. The van der Waals surface area contributed by atoms with Gasteiger partial charge in [0.2, 0.25) is 0 Å². The van der Waals surface area contributed by atoms with Crippen LogP contribution in [0.4, 0.5) is 0 Å². The fourth-order valence-corrected chi connectivity index (χ4v) is 3.57. The molecule has 1 N–H and O–H groups in total. The Morgan fingerprint density at radius 2 is 1.72 bits per heavy atom. The average Bonchev–Trinajstić information content (AvgIpc) is 2.81. The summed E-state index contributed by atoms with van der Waals surface area (Å²) in [6.45, 7) is 14.1. The molecule has 2 fully saturated rings. The van der Waals surface area contributed by atoms with Crippen LogP contribution in [-0.2, 0) is 20.6 Å². The first kappa shape index (κ1) is 18.9. The van der Waals surface area contributed by atoms with Gasteiger partial charge in [0.1, 0.15) is 0 Å². The Balaban J connectivity index is 1.86. The van der Waals surface area contributed by atoms with Crippen molar-refractivity contribution in [1.29, 1.82) is 0 Å². The molecule has 0 aromatic heterocycles. The summed E-state index contributed by atoms with van der Waals surface area (Å²) in [4.78, 5) is 0. The van der Waals surface area contributed by atoms with Crippen LogP contribution in [0.1, 0.15) is 64.5 Å². The van der Waals surface area contributed by atoms with Crippen LogP contribution in [0.3, 0.4) is 0 Å². The van der Waals surface area contributed by atoms with Crippen LogP contribution >= 0.6 is 0 Å². The maximum atomic E-state index is 6.23. The van der Waals surface area contributed by atoms with E-state index in [4.69, 9.17) is 14.0 Å². The molecule has 0 bridgehead atoms. The molecule has 1 aromatic rings. The minimum atomic E-state index is -0.307. The summed E-state index contributed by atoms with van der Waals surface area (Å²) in [6, 6.07) is 6.74. The Kier molecular flexibility index (Phi) is 5.59. The third-order valence-electron chi connectivity index (χ3n) is 5.92. The van der Waals surface area contributed by atoms with Crippen LogP contribution in [0.25, 0.3) is 0 Å². The Bertz CT molecular complexity index is 581. The fourth-order valence-electron chi connectivity index (χ4n) is 3.57. The summed E-state index contributed by atoms with van der Waals surface area (Å²) in [7, 11) is -0.297. The van der Waals surface area contributed by atoms with Gasteiger partial charge >= 0.3 is 7.12 Å². The van der Waals surface area contributed by atoms with Crippen molar-refractivity contribution in [3.63, 3.8) is 0 Å². The maximum Gasteiger partial charge on any atom is 0.494 e. The Labute approximate surface area is 152 Å². The van der Waals surface area contributed by atoms with Crippen molar-refractivity contribution in [2.45, 2.75) is 71.1 Å². The largest absolute Gasteiger partial charge is 0.494 e. The zero-order valence-electron chi connectivity index (χ0n) is 16.4. The molecule has 4 nitrogen and oxygen atoms in total. The molecule has 0 aliphatic carbocycles. The number of rotatable bonds is 5. The molecule has 2 aliphatic heterocycles. The molecule has 0 spiro atoms. The van der Waals surface area contributed by atoms with Crippen molar-refractivity contribution in [3.8, 4) is 0 Å². The van der Waals surface area contributed by atoms with Crippen LogP contribution in [0.5, 0.6) is 0 Å². The molecule has 2 saturated heterocycles. The average molecular weight is 345 g/mol. The van der Waals surface area contributed by atoms with Gasteiger partial charge in [0, 0.05) is 19.8 Å². The second kappa shape index (κ2) is 7.39. The number of hydrogen-bond acceptors (Lipinski definition) is 4. The van der Waals surface area contributed by atoms with Crippen LogP contribution in [0.2, 0.25) is 0 Å². The zero-order valence-corrected chi connectivity index (χ0v) is 16.4. The molecule has 0 amide bonds. The molecule has 5 heteroatoms. The van der Waals surface area contributed by atoms with Gasteiger partial charge in [-0.25, -0.2) is 0 Å². The second-order valence-corrected chi connectivity index (χ2v) is 8.21.